The highest BCUT2D eigenvalue weighted by atomic mass is 79.9. The number of carbonyl (C=O) groups is 1. The number of halogens is 1. The van der Waals surface area contributed by atoms with E-state index in [1.165, 1.54) is 0 Å². The monoisotopic (exact) mass is 322 g/mol. The van der Waals surface area contributed by atoms with E-state index < -0.39 is 0 Å². The summed E-state index contributed by atoms with van der Waals surface area (Å²) < 4.78 is 4.68. The molecule has 0 spiro atoms. The van der Waals surface area contributed by atoms with Crippen molar-refractivity contribution in [2.24, 2.45) is 7.05 Å². The molecule has 2 aromatic rings. The van der Waals surface area contributed by atoms with Crippen LogP contribution in [0, 0.1) is 6.92 Å². The van der Waals surface area contributed by atoms with E-state index in [4.69, 9.17) is 0 Å². The number of amides is 1. The number of rotatable bonds is 3. The number of aromatic nitrogens is 3. The third kappa shape index (κ3) is 2.45. The molecule has 1 fully saturated rings. The number of hydrogen-bond donors (Lipinski definition) is 1. The first-order valence-corrected chi connectivity index (χ1v) is 7.03. The molecule has 0 bridgehead atoms. The third-order valence-corrected chi connectivity index (χ3v) is 3.68. The van der Waals surface area contributed by atoms with Gasteiger partial charge in [0.15, 0.2) is 0 Å². The second-order valence-corrected chi connectivity index (χ2v) is 5.85. The van der Waals surface area contributed by atoms with Gasteiger partial charge >= 0.3 is 0 Å². The average molecular weight is 323 g/mol. The molecular formula is C13H15BrN4O. The van der Waals surface area contributed by atoms with Gasteiger partial charge in [-0.25, -0.2) is 0 Å². The van der Waals surface area contributed by atoms with E-state index in [2.05, 4.69) is 26.3 Å². The van der Waals surface area contributed by atoms with Crippen LogP contribution in [0.25, 0.3) is 0 Å². The summed E-state index contributed by atoms with van der Waals surface area (Å²) in [5, 5.41) is 7.14. The van der Waals surface area contributed by atoms with Crippen molar-refractivity contribution < 1.29 is 4.79 Å². The molecule has 1 aliphatic rings. The quantitative estimate of drug-likeness (QED) is 0.944. The number of carbonyl (C=O) groups excluding carboxylic acids is 1. The highest BCUT2D eigenvalue weighted by Crippen LogP contribution is 2.37. The number of aryl methyl sites for hydroxylation is 2. The van der Waals surface area contributed by atoms with Gasteiger partial charge in [0.25, 0.3) is 5.91 Å². The topological polar surface area (TPSA) is 51.9 Å². The standard InChI is InChI=1S/C13H15BrN4O/c1-8-11(7-17(2)16-8)15-13(19)12-5-9(14)6-18(12)10-3-4-10/h5-7,10H,3-4H2,1-2H3,(H,15,19). The summed E-state index contributed by atoms with van der Waals surface area (Å²) in [4.78, 5) is 12.4. The molecule has 2 aromatic heterocycles. The van der Waals surface area contributed by atoms with Crippen molar-refractivity contribution in [2.75, 3.05) is 5.32 Å². The van der Waals surface area contributed by atoms with Crippen molar-refractivity contribution >= 4 is 27.5 Å². The molecule has 1 saturated carbocycles. The summed E-state index contributed by atoms with van der Waals surface area (Å²) in [6, 6.07) is 2.33. The first kappa shape index (κ1) is 12.5. The Morgan fingerprint density at radius 1 is 1.47 bits per heavy atom. The Kier molecular flexibility index (Phi) is 2.97. The van der Waals surface area contributed by atoms with Crippen LogP contribution in [0.1, 0.15) is 35.1 Å². The van der Waals surface area contributed by atoms with Crippen LogP contribution >= 0.6 is 15.9 Å². The van der Waals surface area contributed by atoms with Gasteiger partial charge in [0.1, 0.15) is 5.69 Å². The van der Waals surface area contributed by atoms with E-state index >= 15 is 0 Å². The van der Waals surface area contributed by atoms with Gasteiger partial charge in [0.05, 0.1) is 11.4 Å². The fourth-order valence-electron chi connectivity index (χ4n) is 2.19. The maximum atomic E-state index is 12.4. The van der Waals surface area contributed by atoms with Crippen LogP contribution in [0.15, 0.2) is 22.9 Å². The van der Waals surface area contributed by atoms with Crippen LogP contribution in [0.4, 0.5) is 5.69 Å². The zero-order valence-electron chi connectivity index (χ0n) is 10.9. The Labute approximate surface area is 119 Å². The number of anilines is 1. The molecule has 100 valence electrons. The zero-order chi connectivity index (χ0) is 13.6. The zero-order valence-corrected chi connectivity index (χ0v) is 12.4. The summed E-state index contributed by atoms with van der Waals surface area (Å²) in [7, 11) is 1.84. The lowest BCUT2D eigenvalue weighted by molar-refractivity contribution is 0.101. The van der Waals surface area contributed by atoms with Crippen LogP contribution in [0.5, 0.6) is 0 Å². The van der Waals surface area contributed by atoms with Gasteiger partial charge in [-0.2, -0.15) is 5.10 Å². The summed E-state index contributed by atoms with van der Waals surface area (Å²) in [5.41, 5.74) is 2.27. The third-order valence-electron chi connectivity index (χ3n) is 3.25. The largest absolute Gasteiger partial charge is 0.339 e. The molecule has 2 heterocycles. The van der Waals surface area contributed by atoms with Crippen molar-refractivity contribution in [2.45, 2.75) is 25.8 Å². The van der Waals surface area contributed by atoms with Gasteiger partial charge in [-0.05, 0) is 41.8 Å². The molecule has 19 heavy (non-hydrogen) atoms. The summed E-state index contributed by atoms with van der Waals surface area (Å²) in [5.74, 6) is -0.0892. The normalized spacial score (nSPS) is 14.7. The second kappa shape index (κ2) is 4.52. The lowest BCUT2D eigenvalue weighted by Crippen LogP contribution is -2.16. The molecule has 0 aromatic carbocycles. The predicted molar refractivity (Wildman–Crippen MR) is 76.3 cm³/mol. The minimum Gasteiger partial charge on any atom is -0.339 e. The summed E-state index contributed by atoms with van der Waals surface area (Å²) >= 11 is 3.43. The Hall–Kier alpha value is -1.56. The van der Waals surface area contributed by atoms with Crippen LogP contribution in [-0.2, 0) is 7.05 Å². The van der Waals surface area contributed by atoms with Crippen LogP contribution in [0.2, 0.25) is 0 Å². The Morgan fingerprint density at radius 3 is 2.79 bits per heavy atom. The fourth-order valence-corrected chi connectivity index (χ4v) is 2.63. The Balaban J connectivity index is 1.86. The SMILES string of the molecule is Cc1nn(C)cc1NC(=O)c1cc(Br)cn1C1CC1. The van der Waals surface area contributed by atoms with E-state index in [0.29, 0.717) is 11.7 Å². The van der Waals surface area contributed by atoms with E-state index in [9.17, 15) is 4.79 Å². The maximum absolute atomic E-state index is 12.4. The minimum atomic E-state index is -0.0892. The van der Waals surface area contributed by atoms with Crippen LogP contribution in [-0.4, -0.2) is 20.3 Å². The van der Waals surface area contributed by atoms with Crippen LogP contribution < -0.4 is 5.32 Å². The molecule has 0 unspecified atom stereocenters. The minimum absolute atomic E-state index is 0.0892. The molecule has 0 atom stereocenters. The molecule has 1 amide bonds. The van der Waals surface area contributed by atoms with E-state index in [1.807, 2.05) is 37.0 Å². The summed E-state index contributed by atoms with van der Waals surface area (Å²) in [6.45, 7) is 1.88. The number of nitrogens with zero attached hydrogens (tertiary/aromatic N) is 3. The molecule has 5 nitrogen and oxygen atoms in total. The van der Waals surface area contributed by atoms with Crippen molar-refractivity contribution in [3.05, 3.63) is 34.3 Å². The van der Waals surface area contributed by atoms with Crippen molar-refractivity contribution in [3.8, 4) is 0 Å². The summed E-state index contributed by atoms with van der Waals surface area (Å²) in [6.07, 6.45) is 6.08. The van der Waals surface area contributed by atoms with E-state index in [-0.39, 0.29) is 5.91 Å². The molecule has 1 N–H and O–H groups in total. The first-order chi connectivity index (χ1) is 9.04. The van der Waals surface area contributed by atoms with Crippen molar-refractivity contribution in [3.63, 3.8) is 0 Å². The molecular weight excluding hydrogens is 308 g/mol. The number of nitrogens with one attached hydrogen (secondary N) is 1. The van der Waals surface area contributed by atoms with Gasteiger partial charge in [0.2, 0.25) is 0 Å². The van der Waals surface area contributed by atoms with Gasteiger partial charge in [0, 0.05) is 30.0 Å². The van der Waals surface area contributed by atoms with Gasteiger partial charge < -0.3 is 9.88 Å². The molecule has 1 aliphatic carbocycles. The highest BCUT2D eigenvalue weighted by Gasteiger charge is 2.28. The van der Waals surface area contributed by atoms with Crippen molar-refractivity contribution in [1.29, 1.82) is 0 Å². The highest BCUT2D eigenvalue weighted by molar-refractivity contribution is 9.10. The smallest absolute Gasteiger partial charge is 0.272 e. The Morgan fingerprint density at radius 2 is 2.21 bits per heavy atom. The maximum Gasteiger partial charge on any atom is 0.272 e. The van der Waals surface area contributed by atoms with Gasteiger partial charge in [-0.3, -0.25) is 9.48 Å². The molecule has 0 saturated heterocycles. The fraction of sp³-hybridized carbons (Fsp3) is 0.385. The van der Waals surface area contributed by atoms with Crippen LogP contribution in [0.3, 0.4) is 0 Å². The van der Waals surface area contributed by atoms with Gasteiger partial charge in [-0.1, -0.05) is 0 Å². The first-order valence-electron chi connectivity index (χ1n) is 6.23. The number of hydrogen-bond acceptors (Lipinski definition) is 2. The Bertz CT molecular complexity index is 639. The lowest BCUT2D eigenvalue weighted by atomic mass is 10.3. The second-order valence-electron chi connectivity index (χ2n) is 4.94. The van der Waals surface area contributed by atoms with E-state index in [1.54, 1.807) is 4.68 Å². The molecule has 6 heteroatoms. The molecule has 0 radical (unpaired) electrons. The predicted octanol–water partition coefficient (Wildman–Crippen LogP) is 2.88. The molecule has 3 rings (SSSR count). The molecule has 0 aliphatic heterocycles. The lowest BCUT2D eigenvalue weighted by Gasteiger charge is -2.07. The van der Waals surface area contributed by atoms with Crippen molar-refractivity contribution in [1.82, 2.24) is 14.3 Å². The van der Waals surface area contributed by atoms with Gasteiger partial charge in [-0.15, -0.1) is 0 Å². The van der Waals surface area contributed by atoms with E-state index in [0.717, 1.165) is 28.7 Å². The average Bonchev–Trinajstić information content (AvgIpc) is 3.04.